The Morgan fingerprint density at radius 3 is 2.53 bits per heavy atom. The van der Waals surface area contributed by atoms with E-state index in [2.05, 4.69) is 15.3 Å². The van der Waals surface area contributed by atoms with E-state index in [0.29, 0.717) is 11.5 Å². The molecule has 6 heteroatoms. The van der Waals surface area contributed by atoms with E-state index in [-0.39, 0.29) is 4.99 Å². The van der Waals surface area contributed by atoms with Crippen LogP contribution in [0.3, 0.4) is 0 Å². The Balaban J connectivity index is 2.24. The number of anilines is 3. The van der Waals surface area contributed by atoms with Gasteiger partial charge in [-0.15, -0.1) is 0 Å². The van der Waals surface area contributed by atoms with Crippen molar-refractivity contribution in [2.24, 2.45) is 5.73 Å². The van der Waals surface area contributed by atoms with Crippen LogP contribution in [0.15, 0.2) is 36.7 Å². The number of nitrogens with zero attached hydrogens (tertiary/aromatic N) is 3. The molecule has 0 saturated heterocycles. The molecule has 1 aromatic heterocycles. The van der Waals surface area contributed by atoms with Gasteiger partial charge < -0.3 is 16.0 Å². The maximum atomic E-state index is 5.48. The van der Waals surface area contributed by atoms with Crippen molar-refractivity contribution in [3.8, 4) is 0 Å². The van der Waals surface area contributed by atoms with E-state index in [1.54, 1.807) is 12.4 Å². The first kappa shape index (κ1) is 13.2. The van der Waals surface area contributed by atoms with Gasteiger partial charge in [0.15, 0.2) is 0 Å². The first-order valence-electron chi connectivity index (χ1n) is 5.73. The fourth-order valence-electron chi connectivity index (χ4n) is 1.63. The molecule has 19 heavy (non-hydrogen) atoms. The monoisotopic (exact) mass is 273 g/mol. The van der Waals surface area contributed by atoms with Crippen LogP contribution in [-0.2, 0) is 0 Å². The molecule has 0 bridgehead atoms. The highest BCUT2D eigenvalue weighted by molar-refractivity contribution is 7.80. The lowest BCUT2D eigenvalue weighted by atomic mass is 10.2. The molecule has 0 spiro atoms. The summed E-state index contributed by atoms with van der Waals surface area (Å²) >= 11 is 4.84. The van der Waals surface area contributed by atoms with Crippen molar-refractivity contribution in [3.63, 3.8) is 0 Å². The van der Waals surface area contributed by atoms with Crippen LogP contribution in [0.2, 0.25) is 0 Å². The van der Waals surface area contributed by atoms with Crippen molar-refractivity contribution in [2.45, 2.75) is 0 Å². The van der Waals surface area contributed by atoms with Gasteiger partial charge in [0, 0.05) is 14.1 Å². The zero-order valence-corrected chi connectivity index (χ0v) is 11.6. The van der Waals surface area contributed by atoms with E-state index in [0.717, 1.165) is 11.4 Å². The van der Waals surface area contributed by atoms with E-state index >= 15 is 0 Å². The fraction of sp³-hybridized carbons (Fsp3) is 0.154. The minimum absolute atomic E-state index is 0.243. The Kier molecular flexibility index (Phi) is 3.91. The lowest BCUT2D eigenvalue weighted by Crippen LogP contribution is -2.13. The van der Waals surface area contributed by atoms with Crippen LogP contribution in [-0.4, -0.2) is 29.1 Å². The highest BCUT2D eigenvalue weighted by atomic mass is 32.1. The molecule has 3 N–H and O–H groups in total. The molecule has 0 aliphatic carbocycles. The molecule has 2 rings (SSSR count). The number of hydrogen-bond acceptors (Lipinski definition) is 5. The molecular formula is C13H15N5S. The van der Waals surface area contributed by atoms with Gasteiger partial charge in [-0.3, -0.25) is 0 Å². The molecule has 1 aromatic carbocycles. The lowest BCUT2D eigenvalue weighted by Gasteiger charge is -2.17. The third kappa shape index (κ3) is 3.17. The Bertz CT molecular complexity index is 580. The van der Waals surface area contributed by atoms with Crippen molar-refractivity contribution in [1.82, 2.24) is 9.97 Å². The predicted molar refractivity (Wildman–Crippen MR) is 82.0 cm³/mol. The van der Waals surface area contributed by atoms with E-state index < -0.39 is 0 Å². The summed E-state index contributed by atoms with van der Waals surface area (Å²) in [6.45, 7) is 0. The molecule has 0 radical (unpaired) electrons. The van der Waals surface area contributed by atoms with Crippen LogP contribution >= 0.6 is 12.2 Å². The fourth-order valence-corrected chi connectivity index (χ4v) is 1.73. The van der Waals surface area contributed by atoms with Crippen molar-refractivity contribution in [3.05, 3.63) is 42.4 Å². The highest BCUT2D eigenvalue weighted by Crippen LogP contribution is 2.25. The van der Waals surface area contributed by atoms with Crippen LogP contribution in [0.4, 0.5) is 17.2 Å². The van der Waals surface area contributed by atoms with Gasteiger partial charge in [-0.25, -0.2) is 9.97 Å². The molecular weight excluding hydrogens is 258 g/mol. The Hall–Kier alpha value is -2.21. The second kappa shape index (κ2) is 5.62. The maximum absolute atomic E-state index is 5.48. The predicted octanol–water partition coefficient (Wildman–Crippen LogP) is 1.92. The normalized spacial score (nSPS) is 10.0. The quantitative estimate of drug-likeness (QED) is 0.830. The van der Waals surface area contributed by atoms with E-state index in [9.17, 15) is 0 Å². The smallest absolute Gasteiger partial charge is 0.148 e. The molecule has 0 aliphatic rings. The second-order valence-electron chi connectivity index (χ2n) is 4.19. The molecule has 1 heterocycles. The number of aromatic nitrogens is 2. The largest absolute Gasteiger partial charge is 0.388 e. The van der Waals surface area contributed by atoms with Gasteiger partial charge in [-0.1, -0.05) is 24.4 Å². The minimum Gasteiger partial charge on any atom is -0.388 e. The highest BCUT2D eigenvalue weighted by Gasteiger charge is 2.05. The summed E-state index contributed by atoms with van der Waals surface area (Å²) in [5.74, 6) is 0.648. The number of benzene rings is 1. The summed E-state index contributed by atoms with van der Waals surface area (Å²) in [7, 11) is 3.98. The van der Waals surface area contributed by atoms with Crippen molar-refractivity contribution in [2.75, 3.05) is 24.3 Å². The van der Waals surface area contributed by atoms with E-state index in [1.807, 2.05) is 43.3 Å². The standard InChI is InChI=1S/C13H15N5S/c1-18(2)11-6-4-3-5-9(11)17-12-8-15-10(7-16-12)13(14)19/h3-8H,1-2H3,(H2,14,19)(H,16,17). The Morgan fingerprint density at radius 1 is 1.21 bits per heavy atom. The number of para-hydroxylation sites is 2. The Labute approximate surface area is 117 Å². The number of thiocarbonyl (C=S) groups is 1. The minimum atomic E-state index is 0.243. The number of rotatable bonds is 4. The molecule has 98 valence electrons. The van der Waals surface area contributed by atoms with Gasteiger partial charge in [0.2, 0.25) is 0 Å². The Morgan fingerprint density at radius 2 is 1.95 bits per heavy atom. The lowest BCUT2D eigenvalue weighted by molar-refractivity contribution is 1.13. The van der Waals surface area contributed by atoms with Gasteiger partial charge in [0.05, 0.1) is 23.8 Å². The molecule has 0 aliphatic heterocycles. The van der Waals surface area contributed by atoms with Crippen LogP contribution in [0, 0.1) is 0 Å². The van der Waals surface area contributed by atoms with Crippen LogP contribution in [0.1, 0.15) is 5.69 Å². The maximum Gasteiger partial charge on any atom is 0.148 e. The van der Waals surface area contributed by atoms with Crippen molar-refractivity contribution >= 4 is 34.4 Å². The van der Waals surface area contributed by atoms with Gasteiger partial charge in [0.1, 0.15) is 16.5 Å². The summed E-state index contributed by atoms with van der Waals surface area (Å²) < 4.78 is 0. The van der Waals surface area contributed by atoms with E-state index in [1.165, 1.54) is 0 Å². The zero-order chi connectivity index (χ0) is 13.8. The third-order valence-electron chi connectivity index (χ3n) is 2.55. The van der Waals surface area contributed by atoms with Crippen LogP contribution in [0.25, 0.3) is 0 Å². The van der Waals surface area contributed by atoms with Crippen LogP contribution < -0.4 is 16.0 Å². The van der Waals surface area contributed by atoms with Crippen molar-refractivity contribution in [1.29, 1.82) is 0 Å². The molecule has 2 aromatic rings. The molecule has 0 fully saturated rings. The molecule has 5 nitrogen and oxygen atoms in total. The van der Waals surface area contributed by atoms with Gasteiger partial charge in [-0.05, 0) is 12.1 Å². The first-order chi connectivity index (χ1) is 9.08. The topological polar surface area (TPSA) is 67.1 Å². The zero-order valence-electron chi connectivity index (χ0n) is 10.8. The van der Waals surface area contributed by atoms with Gasteiger partial charge in [-0.2, -0.15) is 0 Å². The molecule has 0 atom stereocenters. The summed E-state index contributed by atoms with van der Waals surface area (Å²) in [5.41, 5.74) is 8.03. The van der Waals surface area contributed by atoms with Crippen LogP contribution in [0.5, 0.6) is 0 Å². The average Bonchev–Trinajstić information content (AvgIpc) is 2.39. The molecule has 0 amide bonds. The summed E-state index contributed by atoms with van der Waals surface area (Å²) in [5, 5.41) is 3.22. The SMILES string of the molecule is CN(C)c1ccccc1Nc1cnc(C(N)=S)cn1. The third-order valence-corrected chi connectivity index (χ3v) is 2.76. The summed E-state index contributed by atoms with van der Waals surface area (Å²) in [6.07, 6.45) is 3.17. The second-order valence-corrected chi connectivity index (χ2v) is 4.63. The summed E-state index contributed by atoms with van der Waals surface area (Å²) in [6, 6.07) is 7.96. The summed E-state index contributed by atoms with van der Waals surface area (Å²) in [4.78, 5) is 10.7. The molecule has 0 unspecified atom stereocenters. The number of nitrogens with two attached hydrogens (primary N) is 1. The molecule has 0 saturated carbocycles. The van der Waals surface area contributed by atoms with Gasteiger partial charge in [0.25, 0.3) is 0 Å². The number of nitrogens with one attached hydrogen (secondary N) is 1. The average molecular weight is 273 g/mol. The first-order valence-corrected chi connectivity index (χ1v) is 6.14. The van der Waals surface area contributed by atoms with Gasteiger partial charge >= 0.3 is 0 Å². The van der Waals surface area contributed by atoms with E-state index in [4.69, 9.17) is 18.0 Å². The number of hydrogen-bond donors (Lipinski definition) is 2. The van der Waals surface area contributed by atoms with Crippen molar-refractivity contribution < 1.29 is 0 Å².